The van der Waals surface area contributed by atoms with E-state index in [0.717, 1.165) is 36.3 Å². The number of fused-ring (bicyclic) bond motifs is 1. The zero-order chi connectivity index (χ0) is 24.1. The van der Waals surface area contributed by atoms with Crippen molar-refractivity contribution in [1.82, 2.24) is 10.3 Å². The maximum atomic E-state index is 10.1. The zero-order valence-electron chi connectivity index (χ0n) is 20.6. The van der Waals surface area contributed by atoms with E-state index in [1.165, 1.54) is 23.9 Å². The van der Waals surface area contributed by atoms with Crippen molar-refractivity contribution in [2.24, 2.45) is 5.92 Å². The van der Waals surface area contributed by atoms with Gasteiger partial charge in [0.15, 0.2) is 11.5 Å². The van der Waals surface area contributed by atoms with Gasteiger partial charge in [-0.2, -0.15) is 0 Å². The fourth-order valence-corrected chi connectivity index (χ4v) is 4.79. The summed E-state index contributed by atoms with van der Waals surface area (Å²) in [6.07, 6.45) is 4.64. The van der Waals surface area contributed by atoms with E-state index in [1.807, 2.05) is 18.2 Å². The number of pyridine rings is 1. The predicted molar refractivity (Wildman–Crippen MR) is 138 cm³/mol. The van der Waals surface area contributed by atoms with Crippen molar-refractivity contribution in [1.29, 1.82) is 0 Å². The van der Waals surface area contributed by atoms with Crippen LogP contribution in [0.15, 0.2) is 42.5 Å². The fourth-order valence-electron chi connectivity index (χ4n) is 4.79. The molecule has 0 atom stereocenters. The third-order valence-corrected chi connectivity index (χ3v) is 6.68. The van der Waals surface area contributed by atoms with Crippen LogP contribution in [0, 0.1) is 5.92 Å². The Balaban J connectivity index is 1.29. The quantitative estimate of drug-likeness (QED) is 0.420. The van der Waals surface area contributed by atoms with Gasteiger partial charge in [0.25, 0.3) is 0 Å². The Labute approximate surface area is 202 Å². The van der Waals surface area contributed by atoms with Crippen LogP contribution in [0.25, 0.3) is 10.9 Å². The molecule has 0 amide bonds. The lowest BCUT2D eigenvalue weighted by Gasteiger charge is -2.30. The monoisotopic (exact) mass is 464 g/mol. The Kier molecular flexibility index (Phi) is 7.63. The van der Waals surface area contributed by atoms with Gasteiger partial charge in [-0.1, -0.05) is 18.2 Å². The number of hydrogen-bond acceptors (Lipinski definition) is 7. The van der Waals surface area contributed by atoms with Crippen LogP contribution in [0.5, 0.6) is 17.2 Å². The van der Waals surface area contributed by atoms with Gasteiger partial charge < -0.3 is 30.1 Å². The number of ether oxygens (including phenoxy) is 2. The first-order chi connectivity index (χ1) is 16.5. The molecule has 1 saturated carbocycles. The summed E-state index contributed by atoms with van der Waals surface area (Å²) < 4.78 is 10.5. The van der Waals surface area contributed by atoms with Gasteiger partial charge in [-0.25, -0.2) is 4.98 Å². The minimum Gasteiger partial charge on any atom is -0.502 e. The minimum absolute atomic E-state index is 0.0400. The van der Waals surface area contributed by atoms with Crippen LogP contribution in [0.2, 0.25) is 0 Å². The lowest BCUT2D eigenvalue weighted by atomic mass is 9.86. The molecule has 3 N–H and O–H groups in total. The molecule has 0 unspecified atom stereocenters. The predicted octanol–water partition coefficient (Wildman–Crippen LogP) is 4.78. The van der Waals surface area contributed by atoms with Crippen molar-refractivity contribution in [3.8, 4) is 17.2 Å². The van der Waals surface area contributed by atoms with E-state index in [2.05, 4.69) is 53.9 Å². The lowest BCUT2D eigenvalue weighted by molar-refractivity contribution is 0.323. The average Bonchev–Trinajstić information content (AvgIpc) is 2.85. The third-order valence-electron chi connectivity index (χ3n) is 6.68. The van der Waals surface area contributed by atoms with Crippen LogP contribution >= 0.6 is 0 Å². The normalized spacial score (nSPS) is 18.0. The van der Waals surface area contributed by atoms with Crippen molar-refractivity contribution in [3.05, 3.63) is 48.0 Å². The molecule has 34 heavy (non-hydrogen) atoms. The van der Waals surface area contributed by atoms with E-state index < -0.39 is 0 Å². The summed E-state index contributed by atoms with van der Waals surface area (Å²) >= 11 is 0. The number of aromatic nitrogens is 1. The highest BCUT2D eigenvalue weighted by Crippen LogP contribution is 2.37. The minimum atomic E-state index is 0.0400. The smallest absolute Gasteiger partial charge is 0.200 e. The maximum absolute atomic E-state index is 10.1. The summed E-state index contributed by atoms with van der Waals surface area (Å²) in [5.74, 6) is 2.52. The number of anilines is 2. The summed E-state index contributed by atoms with van der Waals surface area (Å²) in [7, 11) is 7.25. The van der Waals surface area contributed by atoms with E-state index in [9.17, 15) is 5.11 Å². The zero-order valence-corrected chi connectivity index (χ0v) is 20.6. The molecular weight excluding hydrogens is 428 g/mol. The second kappa shape index (κ2) is 10.8. The van der Waals surface area contributed by atoms with Crippen molar-refractivity contribution in [2.45, 2.75) is 38.3 Å². The highest BCUT2D eigenvalue weighted by molar-refractivity contribution is 5.93. The van der Waals surface area contributed by atoms with Crippen molar-refractivity contribution in [3.63, 3.8) is 0 Å². The largest absolute Gasteiger partial charge is 0.502 e. The first-order valence-corrected chi connectivity index (χ1v) is 12.0. The van der Waals surface area contributed by atoms with Gasteiger partial charge in [0.05, 0.1) is 19.7 Å². The first kappa shape index (κ1) is 24.0. The molecule has 1 aromatic heterocycles. The second-order valence-corrected chi connectivity index (χ2v) is 9.28. The number of aromatic hydroxyl groups is 1. The Hall–Kier alpha value is -3.19. The lowest BCUT2D eigenvalue weighted by Crippen LogP contribution is -2.31. The molecule has 1 aliphatic rings. The Bertz CT molecular complexity index is 1090. The van der Waals surface area contributed by atoms with Gasteiger partial charge in [-0.05, 0) is 61.9 Å². The van der Waals surface area contributed by atoms with E-state index in [-0.39, 0.29) is 5.75 Å². The molecule has 0 aliphatic heterocycles. The van der Waals surface area contributed by atoms with Gasteiger partial charge in [0, 0.05) is 43.8 Å². The van der Waals surface area contributed by atoms with Crippen molar-refractivity contribution in [2.75, 3.05) is 45.1 Å². The highest BCUT2D eigenvalue weighted by atomic mass is 16.5. The number of rotatable bonds is 9. The summed E-state index contributed by atoms with van der Waals surface area (Å²) in [6, 6.07) is 14.6. The standard InChI is InChI=1S/C27H36N4O3/c1-31(2)23-15-26(30-22-8-6-5-7-21(22)23)29-20-11-9-18(10-12-20)16-28-17-19-13-24(33-3)27(32)25(14-19)34-4/h5-8,13-15,18,20,28,32H,9-12,16-17H2,1-4H3,(H,29,30). The number of nitrogens with zero attached hydrogens (tertiary/aromatic N) is 2. The van der Waals surface area contributed by atoms with Crippen LogP contribution in [0.1, 0.15) is 31.2 Å². The van der Waals surface area contributed by atoms with Crippen molar-refractivity contribution >= 4 is 22.4 Å². The van der Waals surface area contributed by atoms with Gasteiger partial charge in [0.2, 0.25) is 5.75 Å². The molecule has 1 fully saturated rings. The molecule has 1 heterocycles. The molecule has 7 nitrogen and oxygen atoms in total. The topological polar surface area (TPSA) is 78.9 Å². The second-order valence-electron chi connectivity index (χ2n) is 9.28. The SMILES string of the molecule is COc1cc(CNCC2CCC(Nc3cc(N(C)C)c4ccccc4n3)CC2)cc(OC)c1O. The van der Waals surface area contributed by atoms with E-state index in [0.29, 0.717) is 30.0 Å². The summed E-state index contributed by atoms with van der Waals surface area (Å²) in [4.78, 5) is 7.01. The Morgan fingerprint density at radius 2 is 1.68 bits per heavy atom. The molecule has 1 aliphatic carbocycles. The molecular formula is C27H36N4O3. The fraction of sp³-hybridized carbons (Fsp3) is 0.444. The van der Waals surface area contributed by atoms with Gasteiger partial charge in [-0.15, -0.1) is 0 Å². The summed E-state index contributed by atoms with van der Waals surface area (Å²) in [5.41, 5.74) is 3.24. The summed E-state index contributed by atoms with van der Waals surface area (Å²) in [5, 5.41) is 18.5. The van der Waals surface area contributed by atoms with Crippen LogP contribution < -0.4 is 25.0 Å². The molecule has 0 saturated heterocycles. The number of phenolic OH excluding ortho intramolecular Hbond substituents is 1. The van der Waals surface area contributed by atoms with E-state index in [4.69, 9.17) is 14.5 Å². The Morgan fingerprint density at radius 1 is 1.00 bits per heavy atom. The molecule has 0 spiro atoms. The molecule has 3 aromatic rings. The van der Waals surface area contributed by atoms with E-state index in [1.54, 1.807) is 14.2 Å². The van der Waals surface area contributed by atoms with Gasteiger partial charge in [-0.3, -0.25) is 0 Å². The molecule has 4 rings (SSSR count). The van der Waals surface area contributed by atoms with Crippen LogP contribution in [0.4, 0.5) is 11.5 Å². The maximum Gasteiger partial charge on any atom is 0.200 e. The molecule has 0 radical (unpaired) electrons. The molecule has 182 valence electrons. The molecule has 2 aromatic carbocycles. The number of hydrogen-bond donors (Lipinski definition) is 3. The van der Waals surface area contributed by atoms with Gasteiger partial charge >= 0.3 is 0 Å². The number of nitrogens with one attached hydrogen (secondary N) is 2. The first-order valence-electron chi connectivity index (χ1n) is 12.0. The van der Waals surface area contributed by atoms with Crippen molar-refractivity contribution < 1.29 is 14.6 Å². The van der Waals surface area contributed by atoms with Gasteiger partial charge in [0.1, 0.15) is 5.82 Å². The number of phenols is 1. The molecule has 0 bridgehead atoms. The Morgan fingerprint density at radius 3 is 2.32 bits per heavy atom. The number of para-hydroxylation sites is 1. The number of methoxy groups -OCH3 is 2. The highest BCUT2D eigenvalue weighted by Gasteiger charge is 2.22. The average molecular weight is 465 g/mol. The summed E-state index contributed by atoms with van der Waals surface area (Å²) in [6.45, 7) is 1.68. The number of benzene rings is 2. The van der Waals surface area contributed by atoms with Crippen LogP contribution in [0.3, 0.4) is 0 Å². The van der Waals surface area contributed by atoms with E-state index >= 15 is 0 Å². The van der Waals surface area contributed by atoms with Crippen LogP contribution in [-0.4, -0.2) is 51.0 Å². The third kappa shape index (κ3) is 5.47. The van der Waals surface area contributed by atoms with Crippen LogP contribution in [-0.2, 0) is 6.54 Å². The molecule has 7 heteroatoms.